The van der Waals surface area contributed by atoms with Gasteiger partial charge >= 0.3 is 0 Å². The molecule has 6 nitrogen and oxygen atoms in total. The number of carbonyl (C=O) groups excluding carboxylic acids is 2. The predicted octanol–water partition coefficient (Wildman–Crippen LogP) is 7.99. The van der Waals surface area contributed by atoms with Crippen molar-refractivity contribution in [1.82, 2.24) is 10.2 Å². The molecule has 1 fully saturated rings. The molecule has 4 aromatic rings. The number of nitrogens with two attached hydrogens (primary N) is 2. The molecule has 0 radical (unpaired) electrons. The van der Waals surface area contributed by atoms with Crippen LogP contribution in [-0.2, 0) is 20.4 Å². The molecule has 6 heteroatoms. The molecule has 0 aliphatic carbocycles. The van der Waals surface area contributed by atoms with Crippen LogP contribution in [0.25, 0.3) is 0 Å². The maximum absolute atomic E-state index is 13.3. The van der Waals surface area contributed by atoms with Crippen molar-refractivity contribution >= 4 is 11.8 Å². The van der Waals surface area contributed by atoms with E-state index >= 15 is 0 Å². The number of hydrogen-bond donors (Lipinski definition) is 3. The van der Waals surface area contributed by atoms with Crippen LogP contribution in [0.1, 0.15) is 93.4 Å². The highest BCUT2D eigenvalue weighted by Gasteiger charge is 2.49. The third kappa shape index (κ3) is 9.02. The first-order valence-corrected chi connectivity index (χ1v) is 19.7. The molecule has 0 saturated carbocycles. The molecule has 1 heterocycles. The summed E-state index contributed by atoms with van der Waals surface area (Å²) in [6, 6.07) is 40.3. The largest absolute Gasteiger partial charge is 0.369 e. The molecule has 2 atom stereocenters. The fourth-order valence-corrected chi connectivity index (χ4v) is 8.89. The molecule has 276 valence electrons. The lowest BCUT2D eigenvalue weighted by Gasteiger charge is -2.37. The van der Waals surface area contributed by atoms with Gasteiger partial charge in [-0.2, -0.15) is 0 Å². The van der Waals surface area contributed by atoms with E-state index in [9.17, 15) is 9.59 Å². The Morgan fingerprint density at radius 2 is 1.08 bits per heavy atom. The van der Waals surface area contributed by atoms with Crippen molar-refractivity contribution in [2.24, 2.45) is 23.3 Å². The van der Waals surface area contributed by atoms with Crippen LogP contribution in [0.5, 0.6) is 0 Å². The summed E-state index contributed by atoms with van der Waals surface area (Å²) in [6.45, 7) is 6.99. The molecular formula is C46H60N4O2. The average molecular weight is 701 g/mol. The van der Waals surface area contributed by atoms with E-state index in [0.717, 1.165) is 67.8 Å². The molecule has 0 spiro atoms. The Labute approximate surface area is 312 Å². The number of primary amides is 2. The number of rotatable bonds is 22. The minimum Gasteiger partial charge on any atom is -0.369 e. The SMILES string of the molecule is CC(CCNCCCCCCCCCCN1CCC(C(C(N)=O)(c2ccccc2)c2ccccc2)C1)C(C(N)=O)(c1ccccc1)c1ccccc1. The Kier molecular flexibility index (Phi) is 14.6. The first kappa shape index (κ1) is 39.0. The van der Waals surface area contributed by atoms with Crippen molar-refractivity contribution < 1.29 is 9.59 Å². The first-order chi connectivity index (χ1) is 25.4. The number of carbonyl (C=O) groups is 2. The van der Waals surface area contributed by atoms with Crippen molar-refractivity contribution in [3.05, 3.63) is 144 Å². The second kappa shape index (κ2) is 19.5. The molecule has 0 bridgehead atoms. The van der Waals surface area contributed by atoms with Gasteiger partial charge in [0.1, 0.15) is 10.8 Å². The van der Waals surface area contributed by atoms with Crippen LogP contribution < -0.4 is 16.8 Å². The van der Waals surface area contributed by atoms with Crippen molar-refractivity contribution in [1.29, 1.82) is 0 Å². The van der Waals surface area contributed by atoms with Gasteiger partial charge in [-0.25, -0.2) is 0 Å². The Morgan fingerprint density at radius 1 is 0.635 bits per heavy atom. The Hall–Kier alpha value is -4.26. The molecule has 2 unspecified atom stereocenters. The van der Waals surface area contributed by atoms with E-state index in [0.29, 0.717) is 0 Å². The summed E-state index contributed by atoms with van der Waals surface area (Å²) in [6.07, 6.45) is 11.8. The number of nitrogens with one attached hydrogen (secondary N) is 1. The lowest BCUT2D eigenvalue weighted by Crippen LogP contribution is -2.49. The fourth-order valence-electron chi connectivity index (χ4n) is 8.89. The van der Waals surface area contributed by atoms with Crippen molar-refractivity contribution in [3.63, 3.8) is 0 Å². The maximum Gasteiger partial charge on any atom is 0.232 e. The maximum atomic E-state index is 13.3. The third-order valence-corrected chi connectivity index (χ3v) is 11.6. The molecule has 1 saturated heterocycles. The normalized spacial score (nSPS) is 15.8. The summed E-state index contributed by atoms with van der Waals surface area (Å²) in [5.41, 5.74) is 14.7. The van der Waals surface area contributed by atoms with E-state index in [-0.39, 0.29) is 23.7 Å². The van der Waals surface area contributed by atoms with Crippen LogP contribution in [0.15, 0.2) is 121 Å². The number of unbranched alkanes of at least 4 members (excludes halogenated alkanes) is 7. The molecule has 0 aromatic heterocycles. The van der Waals surface area contributed by atoms with Crippen LogP contribution in [0.3, 0.4) is 0 Å². The van der Waals surface area contributed by atoms with Gasteiger partial charge in [-0.05, 0) is 86.0 Å². The van der Waals surface area contributed by atoms with E-state index in [1.54, 1.807) is 0 Å². The monoisotopic (exact) mass is 700 g/mol. The van der Waals surface area contributed by atoms with Gasteiger partial charge in [-0.3, -0.25) is 9.59 Å². The molecule has 1 aliphatic rings. The highest BCUT2D eigenvalue weighted by molar-refractivity contribution is 5.92. The van der Waals surface area contributed by atoms with Crippen LogP contribution in [0.2, 0.25) is 0 Å². The zero-order chi connectivity index (χ0) is 36.7. The van der Waals surface area contributed by atoms with Crippen LogP contribution in [-0.4, -0.2) is 49.4 Å². The quantitative estimate of drug-likeness (QED) is 0.0724. The van der Waals surface area contributed by atoms with E-state index < -0.39 is 10.8 Å². The van der Waals surface area contributed by atoms with Crippen molar-refractivity contribution in [3.8, 4) is 0 Å². The van der Waals surface area contributed by atoms with Gasteiger partial charge in [0.25, 0.3) is 0 Å². The van der Waals surface area contributed by atoms with Gasteiger partial charge in [0.2, 0.25) is 11.8 Å². The molecular weight excluding hydrogens is 641 g/mol. The number of nitrogens with zero attached hydrogens (tertiary/aromatic N) is 1. The summed E-state index contributed by atoms with van der Waals surface area (Å²) < 4.78 is 0. The number of amides is 2. The summed E-state index contributed by atoms with van der Waals surface area (Å²) in [5.74, 6) is -0.353. The van der Waals surface area contributed by atoms with Crippen molar-refractivity contribution in [2.45, 2.75) is 82.0 Å². The third-order valence-electron chi connectivity index (χ3n) is 11.6. The summed E-state index contributed by atoms with van der Waals surface area (Å²) in [7, 11) is 0. The van der Waals surface area contributed by atoms with Crippen LogP contribution >= 0.6 is 0 Å². The van der Waals surface area contributed by atoms with Crippen LogP contribution in [0.4, 0.5) is 0 Å². The Morgan fingerprint density at radius 3 is 1.54 bits per heavy atom. The number of likely N-dealkylation sites (tertiary alicyclic amines) is 1. The van der Waals surface area contributed by atoms with E-state index in [2.05, 4.69) is 41.4 Å². The van der Waals surface area contributed by atoms with E-state index in [4.69, 9.17) is 11.5 Å². The lowest BCUT2D eigenvalue weighted by atomic mass is 9.64. The molecule has 1 aliphatic heterocycles. The van der Waals surface area contributed by atoms with Gasteiger partial charge in [-0.1, -0.05) is 167 Å². The molecule has 4 aromatic carbocycles. The molecule has 5 N–H and O–H groups in total. The fraction of sp³-hybridized carbons (Fsp3) is 0.435. The lowest BCUT2D eigenvalue weighted by molar-refractivity contribution is -0.124. The topological polar surface area (TPSA) is 101 Å². The smallest absolute Gasteiger partial charge is 0.232 e. The zero-order valence-electron chi connectivity index (χ0n) is 31.2. The Balaban J connectivity index is 0.964. The highest BCUT2D eigenvalue weighted by Crippen LogP contribution is 2.44. The van der Waals surface area contributed by atoms with Crippen molar-refractivity contribution in [2.75, 3.05) is 32.7 Å². The summed E-state index contributed by atoms with van der Waals surface area (Å²) in [4.78, 5) is 29.1. The minimum atomic E-state index is -0.858. The predicted molar refractivity (Wildman–Crippen MR) is 214 cm³/mol. The first-order valence-electron chi connectivity index (χ1n) is 19.7. The zero-order valence-corrected chi connectivity index (χ0v) is 31.2. The average Bonchev–Trinajstić information content (AvgIpc) is 3.64. The van der Waals surface area contributed by atoms with Gasteiger partial charge in [0.15, 0.2) is 0 Å². The van der Waals surface area contributed by atoms with Gasteiger partial charge in [0.05, 0.1) is 0 Å². The van der Waals surface area contributed by atoms with Crippen LogP contribution in [0, 0.1) is 11.8 Å². The molecule has 52 heavy (non-hydrogen) atoms. The van der Waals surface area contributed by atoms with Gasteiger partial charge in [-0.15, -0.1) is 0 Å². The summed E-state index contributed by atoms with van der Waals surface area (Å²) >= 11 is 0. The van der Waals surface area contributed by atoms with E-state index in [1.165, 1.54) is 51.4 Å². The summed E-state index contributed by atoms with van der Waals surface area (Å²) in [5, 5.41) is 3.63. The van der Waals surface area contributed by atoms with Gasteiger partial charge in [0, 0.05) is 6.54 Å². The standard InChI is InChI=1S/C46H60N4O2/c1-37(45(43(47)51,38-22-12-8-13-23-38)39-24-14-9-15-25-39)30-33-49-32-20-6-4-2-3-5-7-21-34-50-35-31-42(36-50)46(44(48)52,40-26-16-10-17-27-40)41-28-18-11-19-29-41/h8-19,22-29,37,42,49H,2-7,20-21,30-36H2,1H3,(H2,47,51)(H2,48,52). The molecule has 2 amide bonds. The van der Waals surface area contributed by atoms with Gasteiger partial charge < -0.3 is 21.7 Å². The number of hydrogen-bond acceptors (Lipinski definition) is 4. The van der Waals surface area contributed by atoms with E-state index in [1.807, 2.05) is 97.1 Å². The highest BCUT2D eigenvalue weighted by atomic mass is 16.2. The Bertz CT molecular complexity index is 1550. The minimum absolute atomic E-state index is 0.0430. The number of benzene rings is 4. The second-order valence-corrected chi connectivity index (χ2v) is 14.9. The molecule has 5 rings (SSSR count). The second-order valence-electron chi connectivity index (χ2n) is 14.9.